The fraction of sp³-hybridized carbons (Fsp3) is 0.350. The molecule has 2 aromatic carbocycles. The van der Waals surface area contributed by atoms with E-state index in [4.69, 9.17) is 5.11 Å². The second-order valence-electron chi connectivity index (χ2n) is 6.88. The molecule has 1 N–H and O–H groups in total. The highest BCUT2D eigenvalue weighted by Crippen LogP contribution is 2.42. The smallest absolute Gasteiger partial charge is 0.303 e. The summed E-state index contributed by atoms with van der Waals surface area (Å²) < 4.78 is 41.4. The number of aliphatic carboxylic acids is 1. The monoisotopic (exact) mass is 391 g/mol. The first-order valence-electron chi connectivity index (χ1n) is 8.86. The zero-order chi connectivity index (χ0) is 19.6. The van der Waals surface area contributed by atoms with Gasteiger partial charge in [0.1, 0.15) is 5.82 Å². The van der Waals surface area contributed by atoms with Crippen molar-refractivity contribution in [3.05, 3.63) is 65.5 Å². The maximum atomic E-state index is 13.4. The Balaban J connectivity index is 2.00. The molecule has 0 aliphatic carbocycles. The van der Waals surface area contributed by atoms with Gasteiger partial charge in [-0.1, -0.05) is 29.8 Å². The van der Waals surface area contributed by atoms with Crippen LogP contribution in [0.4, 0.5) is 4.39 Å². The normalized spacial score (nSPS) is 20.7. The van der Waals surface area contributed by atoms with Gasteiger partial charge in [-0.25, -0.2) is 12.8 Å². The number of sulfonamides is 1. The van der Waals surface area contributed by atoms with Crippen molar-refractivity contribution in [2.24, 2.45) is 0 Å². The van der Waals surface area contributed by atoms with Gasteiger partial charge < -0.3 is 5.11 Å². The van der Waals surface area contributed by atoms with E-state index >= 15 is 0 Å². The van der Waals surface area contributed by atoms with Gasteiger partial charge in [-0.05, 0) is 56.0 Å². The molecule has 144 valence electrons. The third-order valence-corrected chi connectivity index (χ3v) is 6.96. The minimum absolute atomic E-state index is 0.0965. The Kier molecular flexibility index (Phi) is 5.62. The Labute approximate surface area is 158 Å². The molecule has 1 saturated heterocycles. The summed E-state index contributed by atoms with van der Waals surface area (Å²) in [5.41, 5.74) is 1.66. The third-order valence-electron chi connectivity index (χ3n) is 4.98. The van der Waals surface area contributed by atoms with Crippen LogP contribution >= 0.6 is 0 Å². The fourth-order valence-electron chi connectivity index (χ4n) is 3.62. The lowest BCUT2D eigenvalue weighted by atomic mass is 10.1. The molecule has 1 heterocycles. The summed E-state index contributed by atoms with van der Waals surface area (Å²) in [5, 5.41) is 9.01. The molecule has 1 aliphatic rings. The number of carboxylic acids is 1. The molecule has 5 nitrogen and oxygen atoms in total. The number of carbonyl (C=O) groups is 1. The molecule has 0 spiro atoms. The summed E-state index contributed by atoms with van der Waals surface area (Å²) >= 11 is 0. The van der Waals surface area contributed by atoms with Gasteiger partial charge in [-0.15, -0.1) is 0 Å². The Bertz CT molecular complexity index is 910. The van der Waals surface area contributed by atoms with E-state index in [1.807, 2.05) is 6.92 Å². The SMILES string of the molecule is Cc1ccc(S(=O)(=O)N2C(CCC(=O)O)CCC2c2ccc(F)cc2)cc1. The molecule has 1 fully saturated rings. The summed E-state index contributed by atoms with van der Waals surface area (Å²) in [6, 6.07) is 11.6. The van der Waals surface area contributed by atoms with Crippen molar-refractivity contribution in [3.8, 4) is 0 Å². The lowest BCUT2D eigenvalue weighted by Gasteiger charge is -2.29. The molecule has 2 unspecified atom stereocenters. The average Bonchev–Trinajstić information content (AvgIpc) is 3.06. The molecule has 0 saturated carbocycles. The van der Waals surface area contributed by atoms with Crippen LogP contribution in [-0.4, -0.2) is 29.8 Å². The number of hydrogen-bond acceptors (Lipinski definition) is 3. The number of halogens is 1. The molecule has 0 amide bonds. The van der Waals surface area contributed by atoms with E-state index in [2.05, 4.69) is 0 Å². The van der Waals surface area contributed by atoms with Crippen LogP contribution in [0.1, 0.15) is 42.9 Å². The largest absolute Gasteiger partial charge is 0.481 e. The molecule has 0 radical (unpaired) electrons. The van der Waals surface area contributed by atoms with Crippen LogP contribution in [0.5, 0.6) is 0 Å². The van der Waals surface area contributed by atoms with Crippen molar-refractivity contribution in [3.63, 3.8) is 0 Å². The summed E-state index contributed by atoms with van der Waals surface area (Å²) in [6.45, 7) is 1.88. The highest BCUT2D eigenvalue weighted by molar-refractivity contribution is 7.89. The van der Waals surface area contributed by atoms with Gasteiger partial charge >= 0.3 is 5.97 Å². The van der Waals surface area contributed by atoms with E-state index in [1.165, 1.54) is 16.4 Å². The number of aryl methyl sites for hydroxylation is 1. The van der Waals surface area contributed by atoms with Gasteiger partial charge in [0.2, 0.25) is 10.0 Å². The van der Waals surface area contributed by atoms with Gasteiger partial charge in [0.05, 0.1) is 10.9 Å². The minimum atomic E-state index is -3.81. The van der Waals surface area contributed by atoms with E-state index in [1.54, 1.807) is 36.4 Å². The summed E-state index contributed by atoms with van der Waals surface area (Å²) in [4.78, 5) is 11.2. The molecular formula is C20H22FNO4S. The highest BCUT2D eigenvalue weighted by Gasteiger charge is 2.42. The van der Waals surface area contributed by atoms with Gasteiger partial charge in [0.15, 0.2) is 0 Å². The van der Waals surface area contributed by atoms with Gasteiger partial charge in [-0.2, -0.15) is 4.31 Å². The first kappa shape index (κ1) is 19.5. The number of hydrogen-bond donors (Lipinski definition) is 1. The molecule has 0 aromatic heterocycles. The number of nitrogens with zero attached hydrogens (tertiary/aromatic N) is 1. The summed E-state index contributed by atoms with van der Waals surface area (Å²) in [7, 11) is -3.81. The van der Waals surface area contributed by atoms with Gasteiger partial charge in [0, 0.05) is 12.5 Å². The minimum Gasteiger partial charge on any atom is -0.481 e. The highest BCUT2D eigenvalue weighted by atomic mass is 32.2. The van der Waals surface area contributed by atoms with Crippen LogP contribution in [-0.2, 0) is 14.8 Å². The third kappa shape index (κ3) is 4.20. The summed E-state index contributed by atoms with van der Waals surface area (Å²) in [5.74, 6) is -1.33. The predicted molar refractivity (Wildman–Crippen MR) is 99.2 cm³/mol. The van der Waals surface area contributed by atoms with E-state index in [0.717, 1.165) is 5.56 Å². The zero-order valence-electron chi connectivity index (χ0n) is 15.0. The van der Waals surface area contributed by atoms with Crippen LogP contribution in [0.2, 0.25) is 0 Å². The van der Waals surface area contributed by atoms with Crippen molar-refractivity contribution in [1.29, 1.82) is 0 Å². The van der Waals surface area contributed by atoms with Crippen LogP contribution in [0, 0.1) is 12.7 Å². The predicted octanol–water partition coefficient (Wildman–Crippen LogP) is 3.89. The van der Waals surface area contributed by atoms with E-state index in [9.17, 15) is 17.6 Å². The molecule has 1 aliphatic heterocycles. The number of rotatable bonds is 6. The van der Waals surface area contributed by atoms with E-state index in [-0.39, 0.29) is 23.6 Å². The fourth-order valence-corrected chi connectivity index (χ4v) is 5.50. The summed E-state index contributed by atoms with van der Waals surface area (Å²) in [6.07, 6.45) is 1.29. The molecule has 2 aromatic rings. The first-order chi connectivity index (χ1) is 12.8. The average molecular weight is 391 g/mol. The van der Waals surface area contributed by atoms with Crippen molar-refractivity contribution in [2.75, 3.05) is 0 Å². The maximum Gasteiger partial charge on any atom is 0.303 e. The Morgan fingerprint density at radius 1 is 1.11 bits per heavy atom. The van der Waals surface area contributed by atoms with Crippen molar-refractivity contribution >= 4 is 16.0 Å². The molecule has 27 heavy (non-hydrogen) atoms. The molecule has 3 rings (SSSR count). The second kappa shape index (κ2) is 7.78. The topological polar surface area (TPSA) is 74.7 Å². The first-order valence-corrected chi connectivity index (χ1v) is 10.3. The van der Waals surface area contributed by atoms with E-state index in [0.29, 0.717) is 18.4 Å². The standard InChI is InChI=1S/C20H22FNO4S/c1-14-2-10-18(11-3-14)27(25,26)22-17(9-13-20(23)24)8-12-19(22)15-4-6-16(21)7-5-15/h2-7,10-11,17,19H,8-9,12-13H2,1H3,(H,23,24). The molecule has 2 atom stereocenters. The Hall–Kier alpha value is -2.25. The molecule has 7 heteroatoms. The van der Waals surface area contributed by atoms with Crippen LogP contribution in [0.25, 0.3) is 0 Å². The Morgan fingerprint density at radius 2 is 1.74 bits per heavy atom. The Morgan fingerprint density at radius 3 is 2.33 bits per heavy atom. The van der Waals surface area contributed by atoms with Crippen LogP contribution in [0.3, 0.4) is 0 Å². The van der Waals surface area contributed by atoms with Crippen molar-refractivity contribution < 1.29 is 22.7 Å². The van der Waals surface area contributed by atoms with Gasteiger partial charge in [0.25, 0.3) is 0 Å². The lowest BCUT2D eigenvalue weighted by Crippen LogP contribution is -2.37. The van der Waals surface area contributed by atoms with Crippen molar-refractivity contribution in [1.82, 2.24) is 4.31 Å². The van der Waals surface area contributed by atoms with E-state index < -0.39 is 28.1 Å². The van der Waals surface area contributed by atoms with Crippen LogP contribution < -0.4 is 0 Å². The van der Waals surface area contributed by atoms with Crippen molar-refractivity contribution in [2.45, 2.75) is 49.6 Å². The van der Waals surface area contributed by atoms with Crippen LogP contribution in [0.15, 0.2) is 53.4 Å². The maximum absolute atomic E-state index is 13.4. The second-order valence-corrected chi connectivity index (χ2v) is 8.72. The van der Waals surface area contributed by atoms with Gasteiger partial charge in [-0.3, -0.25) is 4.79 Å². The zero-order valence-corrected chi connectivity index (χ0v) is 15.8. The lowest BCUT2D eigenvalue weighted by molar-refractivity contribution is -0.137. The molecule has 0 bridgehead atoms. The number of carboxylic acid groups (broad SMARTS) is 1. The quantitative estimate of drug-likeness (QED) is 0.811. The molecular weight excluding hydrogens is 369 g/mol. The number of benzene rings is 2.